The molecule has 2 heterocycles. The first-order valence-corrected chi connectivity index (χ1v) is 6.41. The lowest BCUT2D eigenvalue weighted by molar-refractivity contribution is 0.852. The van der Waals surface area contributed by atoms with Gasteiger partial charge in [0.1, 0.15) is 0 Å². The fourth-order valence-corrected chi connectivity index (χ4v) is 2.15. The van der Waals surface area contributed by atoms with Gasteiger partial charge in [0, 0.05) is 29.0 Å². The highest BCUT2D eigenvalue weighted by Crippen LogP contribution is 2.11. The molecular formula is C14H12ClN3O. The van der Waals surface area contributed by atoms with Crippen LogP contribution in [0, 0.1) is 0 Å². The van der Waals surface area contributed by atoms with Crippen LogP contribution in [0.15, 0.2) is 47.4 Å². The van der Waals surface area contributed by atoms with Gasteiger partial charge in [-0.15, -0.1) is 0 Å². The Labute approximate surface area is 114 Å². The largest absolute Gasteiger partial charge is 0.297 e. The molecule has 4 nitrogen and oxygen atoms in total. The second-order valence-corrected chi connectivity index (χ2v) is 4.80. The van der Waals surface area contributed by atoms with Crippen molar-refractivity contribution in [1.82, 2.24) is 14.6 Å². The highest BCUT2D eigenvalue weighted by Gasteiger charge is 2.03. The summed E-state index contributed by atoms with van der Waals surface area (Å²) in [5.74, 6) is 0. The Hall–Kier alpha value is -2.07. The number of H-pyrrole nitrogens is 1. The zero-order valence-electron chi connectivity index (χ0n) is 10.1. The monoisotopic (exact) mass is 273 g/mol. The number of nitrogens with one attached hydrogen (secondary N) is 1. The molecule has 3 rings (SSSR count). The molecule has 2 aromatic heterocycles. The van der Waals surface area contributed by atoms with Crippen molar-refractivity contribution in [2.24, 2.45) is 0 Å². The van der Waals surface area contributed by atoms with Gasteiger partial charge in [0.15, 0.2) is 5.65 Å². The number of aryl methyl sites for hydroxylation is 2. The van der Waals surface area contributed by atoms with Crippen molar-refractivity contribution in [2.75, 3.05) is 0 Å². The Kier molecular flexibility index (Phi) is 3.09. The zero-order valence-corrected chi connectivity index (χ0v) is 10.9. The van der Waals surface area contributed by atoms with E-state index >= 15 is 0 Å². The van der Waals surface area contributed by atoms with Gasteiger partial charge in [-0.3, -0.25) is 9.89 Å². The summed E-state index contributed by atoms with van der Waals surface area (Å²) in [5, 5.41) is 3.55. The van der Waals surface area contributed by atoms with Crippen LogP contribution in [0.2, 0.25) is 5.02 Å². The molecule has 1 aromatic carbocycles. The minimum absolute atomic E-state index is 0.0823. The van der Waals surface area contributed by atoms with Crippen molar-refractivity contribution in [2.45, 2.75) is 12.8 Å². The predicted octanol–water partition coefficient (Wildman–Crippen LogP) is 2.46. The maximum absolute atomic E-state index is 11.8. The summed E-state index contributed by atoms with van der Waals surface area (Å²) in [7, 11) is 0. The summed E-state index contributed by atoms with van der Waals surface area (Å²) in [6.07, 6.45) is 3.27. The molecule has 1 N–H and O–H groups in total. The van der Waals surface area contributed by atoms with Gasteiger partial charge in [-0.2, -0.15) is 0 Å². The number of hydrogen-bond donors (Lipinski definition) is 1. The molecule has 0 aliphatic rings. The third-order valence-corrected chi connectivity index (χ3v) is 3.27. The molecule has 0 spiro atoms. The topological polar surface area (TPSA) is 50.2 Å². The van der Waals surface area contributed by atoms with E-state index in [1.165, 1.54) is 10.1 Å². The van der Waals surface area contributed by atoms with E-state index in [0.29, 0.717) is 5.65 Å². The number of fused-ring (bicyclic) bond motifs is 1. The van der Waals surface area contributed by atoms with E-state index < -0.39 is 0 Å². The van der Waals surface area contributed by atoms with E-state index in [4.69, 9.17) is 11.6 Å². The first-order valence-electron chi connectivity index (χ1n) is 6.03. The third-order valence-electron chi connectivity index (χ3n) is 3.02. The summed E-state index contributed by atoms with van der Waals surface area (Å²) in [6, 6.07) is 11.1. The summed E-state index contributed by atoms with van der Waals surface area (Å²) in [6.45, 7) is 0. The van der Waals surface area contributed by atoms with Crippen LogP contribution in [0.3, 0.4) is 0 Å². The van der Waals surface area contributed by atoms with E-state index in [1.54, 1.807) is 18.3 Å². The number of halogens is 1. The maximum Gasteiger partial charge on any atom is 0.272 e. The van der Waals surface area contributed by atoms with Crippen LogP contribution < -0.4 is 5.56 Å². The van der Waals surface area contributed by atoms with Crippen LogP contribution in [0.25, 0.3) is 5.65 Å². The maximum atomic E-state index is 11.8. The minimum atomic E-state index is -0.0823. The molecule has 96 valence electrons. The van der Waals surface area contributed by atoms with Crippen LogP contribution in [-0.4, -0.2) is 14.6 Å². The average molecular weight is 274 g/mol. The zero-order chi connectivity index (χ0) is 13.2. The average Bonchev–Trinajstić information content (AvgIpc) is 2.87. The molecule has 0 fully saturated rings. The molecule has 0 atom stereocenters. The summed E-state index contributed by atoms with van der Waals surface area (Å²) in [4.78, 5) is 16.2. The van der Waals surface area contributed by atoms with E-state index in [-0.39, 0.29) is 5.56 Å². The molecule has 0 unspecified atom stereocenters. The minimum Gasteiger partial charge on any atom is -0.297 e. The quantitative estimate of drug-likeness (QED) is 0.797. The van der Waals surface area contributed by atoms with Crippen LogP contribution in [0.4, 0.5) is 0 Å². The lowest BCUT2D eigenvalue weighted by atomic mass is 10.1. The molecule has 0 saturated carbocycles. The highest BCUT2D eigenvalue weighted by molar-refractivity contribution is 6.30. The van der Waals surface area contributed by atoms with Crippen molar-refractivity contribution in [3.05, 3.63) is 69.2 Å². The Morgan fingerprint density at radius 3 is 2.74 bits per heavy atom. The van der Waals surface area contributed by atoms with Gasteiger partial charge in [-0.05, 0) is 30.5 Å². The van der Waals surface area contributed by atoms with E-state index in [0.717, 1.165) is 23.6 Å². The molecule has 0 aliphatic heterocycles. The van der Waals surface area contributed by atoms with Gasteiger partial charge in [-0.1, -0.05) is 23.7 Å². The Morgan fingerprint density at radius 1 is 1.16 bits per heavy atom. The normalized spacial score (nSPS) is 11.0. The molecule has 5 heteroatoms. The lowest BCUT2D eigenvalue weighted by Gasteiger charge is -2.02. The number of aromatic amines is 1. The van der Waals surface area contributed by atoms with E-state index in [1.807, 2.05) is 24.3 Å². The molecule has 0 amide bonds. The smallest absolute Gasteiger partial charge is 0.272 e. The van der Waals surface area contributed by atoms with Crippen molar-refractivity contribution < 1.29 is 0 Å². The van der Waals surface area contributed by atoms with Gasteiger partial charge in [-0.25, -0.2) is 9.50 Å². The molecule has 0 radical (unpaired) electrons. The van der Waals surface area contributed by atoms with Crippen molar-refractivity contribution >= 4 is 17.2 Å². The summed E-state index contributed by atoms with van der Waals surface area (Å²) >= 11 is 5.84. The lowest BCUT2D eigenvalue weighted by Crippen LogP contribution is -2.15. The Bertz CT molecular complexity index is 758. The van der Waals surface area contributed by atoms with Crippen LogP contribution >= 0.6 is 11.6 Å². The Balaban J connectivity index is 1.81. The molecule has 0 aliphatic carbocycles. The predicted molar refractivity (Wildman–Crippen MR) is 74.7 cm³/mol. The second-order valence-electron chi connectivity index (χ2n) is 4.37. The second kappa shape index (κ2) is 4.90. The fraction of sp³-hybridized carbons (Fsp3) is 0.143. The van der Waals surface area contributed by atoms with Gasteiger partial charge in [0.05, 0.1) is 0 Å². The van der Waals surface area contributed by atoms with Gasteiger partial charge in [0.2, 0.25) is 0 Å². The van der Waals surface area contributed by atoms with E-state index in [2.05, 4.69) is 10.1 Å². The molecule has 0 bridgehead atoms. The van der Waals surface area contributed by atoms with Crippen molar-refractivity contribution in [3.63, 3.8) is 0 Å². The first kappa shape index (κ1) is 12.0. The fourth-order valence-electron chi connectivity index (χ4n) is 2.03. The van der Waals surface area contributed by atoms with Crippen LogP contribution in [-0.2, 0) is 12.8 Å². The van der Waals surface area contributed by atoms with Crippen LogP contribution in [0.5, 0.6) is 0 Å². The number of aromatic nitrogens is 3. The SMILES string of the molecule is O=c1cc(CCc2ccc(Cl)cc2)nc2cc[nH]n12. The summed E-state index contributed by atoms with van der Waals surface area (Å²) in [5.41, 5.74) is 2.56. The number of benzene rings is 1. The van der Waals surface area contributed by atoms with E-state index in [9.17, 15) is 4.79 Å². The van der Waals surface area contributed by atoms with Crippen LogP contribution in [0.1, 0.15) is 11.3 Å². The molecule has 19 heavy (non-hydrogen) atoms. The van der Waals surface area contributed by atoms with Crippen molar-refractivity contribution in [3.8, 4) is 0 Å². The Morgan fingerprint density at radius 2 is 1.95 bits per heavy atom. The number of hydrogen-bond acceptors (Lipinski definition) is 2. The number of rotatable bonds is 3. The standard InChI is InChI=1S/C14H12ClN3O/c15-11-4-1-10(2-5-11)3-6-12-9-14(19)18-13(17-12)7-8-16-18/h1-2,4-5,7-9,16H,3,6H2. The molecule has 0 saturated heterocycles. The highest BCUT2D eigenvalue weighted by atomic mass is 35.5. The van der Waals surface area contributed by atoms with Gasteiger partial charge < -0.3 is 0 Å². The van der Waals surface area contributed by atoms with Crippen molar-refractivity contribution in [1.29, 1.82) is 0 Å². The van der Waals surface area contributed by atoms with Gasteiger partial charge >= 0.3 is 0 Å². The molecular weight excluding hydrogens is 262 g/mol. The summed E-state index contributed by atoms with van der Waals surface area (Å²) < 4.78 is 1.42. The molecule has 3 aromatic rings. The number of nitrogens with zero attached hydrogens (tertiary/aromatic N) is 2. The first-order chi connectivity index (χ1) is 9.22. The third kappa shape index (κ3) is 2.53. The van der Waals surface area contributed by atoms with Gasteiger partial charge in [0.25, 0.3) is 5.56 Å².